The first kappa shape index (κ1) is 15.5. The van der Waals surface area contributed by atoms with Crippen LogP contribution in [0.4, 0.5) is 0 Å². The van der Waals surface area contributed by atoms with Crippen molar-refractivity contribution >= 4 is 0 Å². The molecule has 1 atom stereocenters. The molecule has 0 radical (unpaired) electrons. The van der Waals surface area contributed by atoms with Gasteiger partial charge in [0.2, 0.25) is 0 Å². The van der Waals surface area contributed by atoms with Gasteiger partial charge in [-0.3, -0.25) is 9.58 Å². The molecule has 0 bridgehead atoms. The molecule has 1 fully saturated rings. The first-order valence-corrected chi connectivity index (χ1v) is 7.68. The van der Waals surface area contributed by atoms with Gasteiger partial charge in [0.25, 0.3) is 0 Å². The van der Waals surface area contributed by atoms with E-state index in [1.807, 2.05) is 24.0 Å². The van der Waals surface area contributed by atoms with E-state index in [2.05, 4.69) is 16.1 Å². The predicted molar refractivity (Wildman–Crippen MR) is 85.1 cm³/mol. The third-order valence-electron chi connectivity index (χ3n) is 3.94. The van der Waals surface area contributed by atoms with Crippen LogP contribution in [0.15, 0.2) is 36.7 Å². The highest BCUT2D eigenvalue weighted by Crippen LogP contribution is 2.21. The van der Waals surface area contributed by atoms with E-state index in [-0.39, 0.29) is 6.61 Å². The average molecular weight is 312 g/mol. The average Bonchev–Trinajstić information content (AvgIpc) is 2.95. The highest BCUT2D eigenvalue weighted by molar-refractivity contribution is 5.34. The second-order valence-electron chi connectivity index (χ2n) is 5.97. The minimum atomic E-state index is -0.536. The predicted octanol–water partition coefficient (Wildman–Crippen LogP) is 1.36. The van der Waals surface area contributed by atoms with Gasteiger partial charge in [0.1, 0.15) is 18.5 Å². The van der Waals surface area contributed by atoms with Crippen molar-refractivity contribution in [2.45, 2.75) is 19.1 Å². The molecule has 3 rings (SSSR count). The number of hydrogen-bond donors (Lipinski definition) is 1. The summed E-state index contributed by atoms with van der Waals surface area (Å²) in [6.45, 7) is 4.66. The van der Waals surface area contributed by atoms with E-state index >= 15 is 0 Å². The number of benzene rings is 1. The lowest BCUT2D eigenvalue weighted by atomic mass is 10.1. The Hall–Kier alpha value is -2.36. The number of aromatic nitrogens is 2. The molecule has 1 N–H and O–H groups in total. The Bertz CT molecular complexity index is 683. The van der Waals surface area contributed by atoms with E-state index in [1.54, 1.807) is 24.3 Å². The number of ether oxygens (including phenoxy) is 1. The van der Waals surface area contributed by atoms with Gasteiger partial charge in [-0.2, -0.15) is 10.4 Å². The first-order valence-electron chi connectivity index (χ1n) is 7.68. The molecule has 120 valence electrons. The summed E-state index contributed by atoms with van der Waals surface area (Å²) in [5.74, 6) is 0.663. The molecule has 1 unspecified atom stereocenters. The van der Waals surface area contributed by atoms with Gasteiger partial charge in [-0.25, -0.2) is 0 Å². The zero-order valence-corrected chi connectivity index (χ0v) is 13.1. The van der Waals surface area contributed by atoms with E-state index in [1.165, 1.54) is 5.56 Å². The van der Waals surface area contributed by atoms with E-state index in [0.29, 0.717) is 23.9 Å². The maximum Gasteiger partial charge on any atom is 0.119 e. The zero-order chi connectivity index (χ0) is 16.2. The number of aliphatic hydroxyl groups is 1. The van der Waals surface area contributed by atoms with E-state index in [4.69, 9.17) is 10.00 Å². The normalized spacial score (nSPS) is 16.6. The van der Waals surface area contributed by atoms with Crippen LogP contribution in [0.5, 0.6) is 5.75 Å². The molecule has 23 heavy (non-hydrogen) atoms. The van der Waals surface area contributed by atoms with Gasteiger partial charge >= 0.3 is 0 Å². The fourth-order valence-electron chi connectivity index (χ4n) is 2.66. The molecule has 0 aliphatic carbocycles. The third kappa shape index (κ3) is 3.89. The van der Waals surface area contributed by atoms with Gasteiger partial charge in [0.05, 0.1) is 23.9 Å². The fourth-order valence-corrected chi connectivity index (χ4v) is 2.66. The second kappa shape index (κ2) is 6.82. The zero-order valence-electron chi connectivity index (χ0n) is 13.1. The molecule has 1 aliphatic rings. The van der Waals surface area contributed by atoms with Crippen LogP contribution in [0, 0.1) is 18.3 Å². The Morgan fingerprint density at radius 2 is 2.13 bits per heavy atom. The number of likely N-dealkylation sites (tertiary alicyclic amines) is 1. The summed E-state index contributed by atoms with van der Waals surface area (Å²) < 4.78 is 7.54. The lowest BCUT2D eigenvalue weighted by Crippen LogP contribution is -2.51. The van der Waals surface area contributed by atoms with Crippen molar-refractivity contribution in [3.8, 4) is 11.8 Å². The number of nitrogens with zero attached hydrogens (tertiary/aromatic N) is 4. The van der Waals surface area contributed by atoms with Crippen LogP contribution < -0.4 is 4.74 Å². The van der Waals surface area contributed by atoms with Crippen molar-refractivity contribution in [2.24, 2.45) is 0 Å². The largest absolute Gasteiger partial charge is 0.491 e. The van der Waals surface area contributed by atoms with Gasteiger partial charge in [-0.05, 0) is 36.8 Å². The van der Waals surface area contributed by atoms with Gasteiger partial charge in [-0.15, -0.1) is 0 Å². The van der Waals surface area contributed by atoms with Crippen molar-refractivity contribution in [2.75, 3.05) is 26.2 Å². The summed E-state index contributed by atoms with van der Waals surface area (Å²) in [4.78, 5) is 2.19. The summed E-state index contributed by atoms with van der Waals surface area (Å²) in [5.41, 5.74) is 1.76. The molecular weight excluding hydrogens is 292 g/mol. The van der Waals surface area contributed by atoms with E-state index in [9.17, 15) is 5.11 Å². The number of nitriles is 1. The molecule has 6 heteroatoms. The summed E-state index contributed by atoms with van der Waals surface area (Å²) in [5, 5.41) is 23.1. The van der Waals surface area contributed by atoms with Crippen LogP contribution in [0.3, 0.4) is 0 Å². The quantitative estimate of drug-likeness (QED) is 0.872. The smallest absolute Gasteiger partial charge is 0.119 e. The Labute approximate surface area is 135 Å². The topological polar surface area (TPSA) is 74.3 Å². The molecule has 2 aromatic rings. The van der Waals surface area contributed by atoms with Crippen molar-refractivity contribution < 1.29 is 9.84 Å². The van der Waals surface area contributed by atoms with E-state index < -0.39 is 6.10 Å². The number of rotatable bonds is 6. The van der Waals surface area contributed by atoms with Crippen LogP contribution in [-0.2, 0) is 0 Å². The molecule has 2 heterocycles. The molecule has 1 aromatic heterocycles. The second-order valence-corrected chi connectivity index (χ2v) is 5.97. The van der Waals surface area contributed by atoms with Crippen molar-refractivity contribution in [3.05, 3.63) is 47.8 Å². The number of β-amino-alcohol motifs (C(OH)–C–C–N with tert-alkyl or cyclic N) is 1. The summed E-state index contributed by atoms with van der Waals surface area (Å²) in [7, 11) is 0. The molecule has 0 amide bonds. The molecule has 1 aromatic carbocycles. The highest BCUT2D eigenvalue weighted by atomic mass is 16.5. The van der Waals surface area contributed by atoms with Crippen LogP contribution >= 0.6 is 0 Å². The van der Waals surface area contributed by atoms with Gasteiger partial charge in [-0.1, -0.05) is 0 Å². The maximum atomic E-state index is 10.1. The molecule has 1 saturated heterocycles. The maximum absolute atomic E-state index is 10.1. The SMILES string of the molecule is Cc1cnn(C2CN(CC(O)COc3ccc(C#N)cc3)C2)c1. The lowest BCUT2D eigenvalue weighted by molar-refractivity contribution is 0.0204. The standard InChI is InChI=1S/C17H20N4O2/c1-13-7-19-21(8-13)15-9-20(10-15)11-16(22)12-23-17-4-2-14(6-18)3-5-17/h2-5,7-8,15-16,22H,9-12H2,1H3. The van der Waals surface area contributed by atoms with Gasteiger partial charge < -0.3 is 9.84 Å². The third-order valence-corrected chi connectivity index (χ3v) is 3.94. The lowest BCUT2D eigenvalue weighted by Gasteiger charge is -2.40. The van der Waals surface area contributed by atoms with Crippen molar-refractivity contribution in [1.82, 2.24) is 14.7 Å². The van der Waals surface area contributed by atoms with Crippen molar-refractivity contribution in [1.29, 1.82) is 5.26 Å². The van der Waals surface area contributed by atoms with Gasteiger partial charge in [0, 0.05) is 25.8 Å². The molecule has 0 spiro atoms. The molecule has 1 aliphatic heterocycles. The molecular formula is C17H20N4O2. The summed E-state index contributed by atoms with van der Waals surface area (Å²) in [6.07, 6.45) is 3.38. The highest BCUT2D eigenvalue weighted by Gasteiger charge is 2.29. The Morgan fingerprint density at radius 3 is 2.74 bits per heavy atom. The molecule has 6 nitrogen and oxygen atoms in total. The first-order chi connectivity index (χ1) is 11.1. The van der Waals surface area contributed by atoms with Crippen LogP contribution in [-0.4, -0.2) is 52.1 Å². The van der Waals surface area contributed by atoms with Crippen LogP contribution in [0.25, 0.3) is 0 Å². The van der Waals surface area contributed by atoms with Crippen LogP contribution in [0.1, 0.15) is 17.2 Å². The molecule has 0 saturated carbocycles. The summed E-state index contributed by atoms with van der Waals surface area (Å²) >= 11 is 0. The van der Waals surface area contributed by atoms with E-state index in [0.717, 1.165) is 13.1 Å². The summed E-state index contributed by atoms with van der Waals surface area (Å²) in [6, 6.07) is 9.35. The minimum absolute atomic E-state index is 0.244. The fraction of sp³-hybridized carbons (Fsp3) is 0.412. The number of hydrogen-bond acceptors (Lipinski definition) is 5. The van der Waals surface area contributed by atoms with Crippen LogP contribution in [0.2, 0.25) is 0 Å². The Kier molecular flexibility index (Phi) is 4.60. The Balaban J connectivity index is 1.39. The van der Waals surface area contributed by atoms with Crippen molar-refractivity contribution in [3.63, 3.8) is 0 Å². The Morgan fingerprint density at radius 1 is 1.39 bits per heavy atom. The monoisotopic (exact) mass is 312 g/mol. The van der Waals surface area contributed by atoms with Gasteiger partial charge in [0.15, 0.2) is 0 Å². The minimum Gasteiger partial charge on any atom is -0.491 e. The number of aryl methyl sites for hydroxylation is 1. The number of aliphatic hydroxyl groups excluding tert-OH is 1.